The molecule has 2 N–H and O–H groups in total. The molecule has 1 amide bonds. The third kappa shape index (κ3) is 2.99. The summed E-state index contributed by atoms with van der Waals surface area (Å²) in [7, 11) is 0. The fourth-order valence-corrected chi connectivity index (χ4v) is 4.41. The predicted molar refractivity (Wildman–Crippen MR) is 111 cm³/mol. The molecule has 0 radical (unpaired) electrons. The summed E-state index contributed by atoms with van der Waals surface area (Å²) in [5, 5.41) is 6.22. The summed E-state index contributed by atoms with van der Waals surface area (Å²) in [6.07, 6.45) is 4.32. The molecule has 2 aromatic rings. The second-order valence-corrected chi connectivity index (χ2v) is 8.23. The van der Waals surface area contributed by atoms with Crippen LogP contribution in [0.25, 0.3) is 0 Å². The van der Waals surface area contributed by atoms with Crippen LogP contribution >= 0.6 is 0 Å². The van der Waals surface area contributed by atoms with Gasteiger partial charge in [-0.15, -0.1) is 0 Å². The smallest absolute Gasteiger partial charge is 0.222 e. The van der Waals surface area contributed by atoms with Gasteiger partial charge in [0.25, 0.3) is 0 Å². The highest BCUT2D eigenvalue weighted by molar-refractivity contribution is 5.89. The summed E-state index contributed by atoms with van der Waals surface area (Å²) in [5.74, 6) is 2.53. The fourth-order valence-electron chi connectivity index (χ4n) is 4.41. The summed E-state index contributed by atoms with van der Waals surface area (Å²) in [6, 6.07) is 6.33. The highest BCUT2D eigenvalue weighted by atomic mass is 16.1. The first-order valence-corrected chi connectivity index (χ1v) is 10.0. The molecule has 1 saturated carbocycles. The van der Waals surface area contributed by atoms with Gasteiger partial charge in [0.05, 0.1) is 5.69 Å². The van der Waals surface area contributed by atoms with Gasteiger partial charge in [0.15, 0.2) is 0 Å². The Bertz CT molecular complexity index is 932. The van der Waals surface area contributed by atoms with Crippen molar-refractivity contribution in [1.82, 2.24) is 15.3 Å². The van der Waals surface area contributed by atoms with E-state index in [0.29, 0.717) is 5.82 Å². The Morgan fingerprint density at radius 3 is 2.64 bits per heavy atom. The van der Waals surface area contributed by atoms with Crippen LogP contribution in [-0.2, 0) is 10.2 Å². The minimum Gasteiger partial charge on any atom is -0.354 e. The number of piperazine rings is 1. The number of amides is 1. The van der Waals surface area contributed by atoms with E-state index >= 15 is 0 Å². The number of hydrogen-bond acceptors (Lipinski definition) is 6. The SMILES string of the molecule is CC(=O)Nc1cc2c(cn1)C1(CC1)CN2c1cc(C)cc(N2CCNCC2)n1. The van der Waals surface area contributed by atoms with Gasteiger partial charge in [0.1, 0.15) is 17.5 Å². The van der Waals surface area contributed by atoms with Crippen LogP contribution in [0.2, 0.25) is 0 Å². The fraction of sp³-hybridized carbons (Fsp3) is 0.476. The molecule has 4 heterocycles. The van der Waals surface area contributed by atoms with Crippen molar-refractivity contribution in [3.05, 3.63) is 35.5 Å². The van der Waals surface area contributed by atoms with Gasteiger partial charge in [0.2, 0.25) is 5.91 Å². The van der Waals surface area contributed by atoms with Crippen molar-refractivity contribution in [3.63, 3.8) is 0 Å². The van der Waals surface area contributed by atoms with Crippen LogP contribution in [0.5, 0.6) is 0 Å². The zero-order chi connectivity index (χ0) is 19.3. The number of carbonyl (C=O) groups excluding carboxylic acids is 1. The average Bonchev–Trinajstić information content (AvgIpc) is 3.39. The molecule has 0 unspecified atom stereocenters. The van der Waals surface area contributed by atoms with Gasteiger partial charge in [-0.3, -0.25) is 4.79 Å². The maximum atomic E-state index is 11.5. The number of hydrogen-bond donors (Lipinski definition) is 2. The van der Waals surface area contributed by atoms with Gasteiger partial charge in [-0.05, 0) is 37.5 Å². The lowest BCUT2D eigenvalue weighted by atomic mass is 10.0. The molecule has 0 bridgehead atoms. The minimum atomic E-state index is -0.104. The third-order valence-electron chi connectivity index (χ3n) is 6.02. The molecule has 2 aliphatic heterocycles. The van der Waals surface area contributed by atoms with Crippen molar-refractivity contribution >= 4 is 29.0 Å². The molecule has 0 atom stereocenters. The van der Waals surface area contributed by atoms with Gasteiger partial charge >= 0.3 is 0 Å². The van der Waals surface area contributed by atoms with Crippen molar-refractivity contribution < 1.29 is 4.79 Å². The molecule has 7 nitrogen and oxygen atoms in total. The van der Waals surface area contributed by atoms with Crippen LogP contribution in [0.3, 0.4) is 0 Å². The molecule has 28 heavy (non-hydrogen) atoms. The molecule has 2 fully saturated rings. The zero-order valence-electron chi connectivity index (χ0n) is 16.5. The Kier molecular flexibility index (Phi) is 4.01. The molecular formula is C21H26N6O. The number of nitrogens with one attached hydrogen (secondary N) is 2. The van der Waals surface area contributed by atoms with Crippen molar-refractivity contribution in [3.8, 4) is 0 Å². The summed E-state index contributed by atoms with van der Waals surface area (Å²) in [6.45, 7) is 8.52. The first kappa shape index (κ1) is 17.4. The molecule has 3 aliphatic rings. The molecule has 5 rings (SSSR count). The number of pyridine rings is 2. The molecule has 1 saturated heterocycles. The third-order valence-corrected chi connectivity index (χ3v) is 6.02. The van der Waals surface area contributed by atoms with E-state index in [1.54, 1.807) is 0 Å². The number of aromatic nitrogens is 2. The number of carbonyl (C=O) groups is 1. The maximum absolute atomic E-state index is 11.5. The van der Waals surface area contributed by atoms with Crippen LogP contribution < -0.4 is 20.4 Å². The Morgan fingerprint density at radius 1 is 1.18 bits per heavy atom. The van der Waals surface area contributed by atoms with Gasteiger partial charge in [-0.1, -0.05) is 0 Å². The molecule has 2 aromatic heterocycles. The van der Waals surface area contributed by atoms with Crippen LogP contribution in [0.15, 0.2) is 24.4 Å². The van der Waals surface area contributed by atoms with Crippen molar-refractivity contribution in [2.45, 2.75) is 32.1 Å². The van der Waals surface area contributed by atoms with E-state index in [4.69, 9.17) is 4.98 Å². The second kappa shape index (κ2) is 6.44. The first-order valence-electron chi connectivity index (χ1n) is 10.0. The van der Waals surface area contributed by atoms with Gasteiger partial charge in [0, 0.05) is 62.9 Å². The van der Waals surface area contributed by atoms with Crippen LogP contribution in [0, 0.1) is 6.92 Å². The highest BCUT2D eigenvalue weighted by Crippen LogP contribution is 2.58. The predicted octanol–water partition coefficient (Wildman–Crippen LogP) is 2.34. The van der Waals surface area contributed by atoms with Crippen LogP contribution in [0.1, 0.15) is 30.9 Å². The van der Waals surface area contributed by atoms with Crippen molar-refractivity contribution in [1.29, 1.82) is 0 Å². The van der Waals surface area contributed by atoms with Crippen molar-refractivity contribution in [2.24, 2.45) is 0 Å². The lowest BCUT2D eigenvalue weighted by Crippen LogP contribution is -2.44. The quantitative estimate of drug-likeness (QED) is 0.854. The standard InChI is InChI=1S/C21H26N6O/c1-14-9-19(26-7-5-22-6-8-26)25-20(10-14)27-13-21(3-4-21)16-12-23-18(11-17(16)27)24-15(2)28/h9-12,22H,3-8,13H2,1-2H3,(H,23,24,28). The summed E-state index contributed by atoms with van der Waals surface area (Å²) in [4.78, 5) is 25.7. The molecule has 146 valence electrons. The van der Waals surface area contributed by atoms with E-state index in [0.717, 1.165) is 50.0 Å². The lowest BCUT2D eigenvalue weighted by Gasteiger charge is -2.30. The number of anilines is 4. The van der Waals surface area contributed by atoms with E-state index in [1.807, 2.05) is 12.3 Å². The van der Waals surface area contributed by atoms with Gasteiger partial charge in [-0.25, -0.2) is 9.97 Å². The summed E-state index contributed by atoms with van der Waals surface area (Å²) < 4.78 is 0. The van der Waals surface area contributed by atoms with E-state index in [1.165, 1.54) is 30.9 Å². The van der Waals surface area contributed by atoms with Crippen LogP contribution in [0.4, 0.5) is 23.1 Å². The first-order chi connectivity index (χ1) is 13.5. The minimum absolute atomic E-state index is 0.104. The second-order valence-electron chi connectivity index (χ2n) is 8.23. The molecule has 7 heteroatoms. The molecule has 0 aromatic carbocycles. The van der Waals surface area contributed by atoms with E-state index < -0.39 is 0 Å². The topological polar surface area (TPSA) is 73.4 Å². The normalized spacial score (nSPS) is 19.6. The van der Waals surface area contributed by atoms with Crippen molar-refractivity contribution in [2.75, 3.05) is 47.8 Å². The highest BCUT2D eigenvalue weighted by Gasteiger charge is 2.52. The Labute approximate surface area is 165 Å². The number of aryl methyl sites for hydroxylation is 1. The Morgan fingerprint density at radius 2 is 1.93 bits per heavy atom. The molecule has 1 spiro atoms. The van der Waals surface area contributed by atoms with Gasteiger partial charge in [-0.2, -0.15) is 0 Å². The Balaban J connectivity index is 1.54. The Hall–Kier alpha value is -2.67. The van der Waals surface area contributed by atoms with E-state index in [-0.39, 0.29) is 11.3 Å². The molecular weight excluding hydrogens is 352 g/mol. The largest absolute Gasteiger partial charge is 0.354 e. The number of fused-ring (bicyclic) bond motifs is 2. The summed E-state index contributed by atoms with van der Waals surface area (Å²) in [5.41, 5.74) is 3.83. The lowest BCUT2D eigenvalue weighted by molar-refractivity contribution is -0.114. The maximum Gasteiger partial charge on any atom is 0.222 e. The number of nitrogens with zero attached hydrogens (tertiary/aromatic N) is 4. The van der Waals surface area contributed by atoms with Gasteiger partial charge < -0.3 is 20.4 Å². The van der Waals surface area contributed by atoms with Crippen LogP contribution in [-0.4, -0.2) is 48.6 Å². The van der Waals surface area contributed by atoms with E-state index in [2.05, 4.69) is 44.5 Å². The number of rotatable bonds is 3. The average molecular weight is 378 g/mol. The van der Waals surface area contributed by atoms with E-state index in [9.17, 15) is 4.79 Å². The monoisotopic (exact) mass is 378 g/mol. The molecule has 1 aliphatic carbocycles. The zero-order valence-corrected chi connectivity index (χ0v) is 16.5. The summed E-state index contributed by atoms with van der Waals surface area (Å²) >= 11 is 0.